The van der Waals surface area contributed by atoms with Crippen LogP contribution >= 0.6 is 0 Å². The summed E-state index contributed by atoms with van der Waals surface area (Å²) in [6.07, 6.45) is 2.82. The van der Waals surface area contributed by atoms with Gasteiger partial charge in [0.05, 0.1) is 25.9 Å². The number of Topliss-reactive ketones (excluding diaryl/α,β-unsaturated/α-hetero) is 1. The lowest BCUT2D eigenvalue weighted by molar-refractivity contribution is -0.148. The van der Waals surface area contributed by atoms with Gasteiger partial charge in [-0.1, -0.05) is 24.3 Å². The fourth-order valence-corrected chi connectivity index (χ4v) is 4.85. The van der Waals surface area contributed by atoms with Gasteiger partial charge in [-0.2, -0.15) is 0 Å². The molecule has 1 atom stereocenters. The van der Waals surface area contributed by atoms with Crippen LogP contribution in [0, 0.1) is 11.6 Å². The maximum atomic E-state index is 12.9. The van der Waals surface area contributed by atoms with E-state index in [1.807, 2.05) is 31.2 Å². The zero-order chi connectivity index (χ0) is 27.2. The Bertz CT molecular complexity index is 1250. The van der Waals surface area contributed by atoms with Crippen LogP contribution in [0.5, 0.6) is 11.5 Å². The Morgan fingerprint density at radius 1 is 1.05 bits per heavy atom. The lowest BCUT2D eigenvalue weighted by Gasteiger charge is -2.32. The van der Waals surface area contributed by atoms with Crippen LogP contribution in [0.4, 0.5) is 8.78 Å². The Labute approximate surface area is 220 Å². The third-order valence-corrected chi connectivity index (χ3v) is 6.93. The summed E-state index contributed by atoms with van der Waals surface area (Å²) in [6.45, 7) is 3.11. The molecule has 0 radical (unpaired) electrons. The fraction of sp³-hybridized carbons (Fsp3) is 0.379. The number of halogens is 2. The molecule has 2 aliphatic heterocycles. The highest BCUT2D eigenvalue weighted by Gasteiger charge is 2.35. The topological polar surface area (TPSA) is 94.1 Å². The smallest absolute Gasteiger partial charge is 0.336 e. The summed E-state index contributed by atoms with van der Waals surface area (Å²) in [5.41, 5.74) is 4.00. The number of esters is 1. The molecule has 2 heterocycles. The fourth-order valence-electron chi connectivity index (χ4n) is 4.85. The number of rotatable bonds is 4. The number of phenolic OH excluding ortho intramolecular Hbond substituents is 1. The molecule has 0 spiro atoms. The zero-order valence-corrected chi connectivity index (χ0v) is 21.4. The van der Waals surface area contributed by atoms with E-state index in [0.717, 1.165) is 54.1 Å². The number of nitrogens with one attached hydrogen (secondary N) is 1. The second-order valence-corrected chi connectivity index (χ2v) is 9.42. The Balaban J connectivity index is 0.000000317. The van der Waals surface area contributed by atoms with Gasteiger partial charge in [-0.25, -0.2) is 13.6 Å². The Morgan fingerprint density at radius 3 is 2.39 bits per heavy atom. The molecule has 3 aliphatic rings. The van der Waals surface area contributed by atoms with Gasteiger partial charge in [-0.3, -0.25) is 4.79 Å². The minimum Gasteiger partial charge on any atom is -0.503 e. The molecule has 9 heteroatoms. The highest BCUT2D eigenvalue weighted by molar-refractivity contribution is 6.01. The SMILES string of the molecule is COc1ccccc1C1CC(=O)C2=C(C1)NC(C)=C(C(=O)OC1CCOCC1)C2.Oc1c(F)cccc1F. The minimum absolute atomic E-state index is 0.0634. The monoisotopic (exact) mass is 527 g/mol. The van der Waals surface area contributed by atoms with Gasteiger partial charge in [0.25, 0.3) is 0 Å². The maximum absolute atomic E-state index is 12.9. The van der Waals surface area contributed by atoms with E-state index in [9.17, 15) is 18.4 Å². The number of methoxy groups -OCH3 is 1. The van der Waals surface area contributed by atoms with E-state index >= 15 is 0 Å². The van der Waals surface area contributed by atoms with Crippen molar-refractivity contribution in [3.63, 3.8) is 0 Å². The lowest BCUT2D eigenvalue weighted by Crippen LogP contribution is -2.33. The van der Waals surface area contributed by atoms with Crippen molar-refractivity contribution in [1.29, 1.82) is 0 Å². The molecule has 7 nitrogen and oxygen atoms in total. The number of phenols is 1. The third kappa shape index (κ3) is 6.22. The van der Waals surface area contributed by atoms with Crippen LogP contribution in [0.25, 0.3) is 0 Å². The number of aromatic hydroxyl groups is 1. The summed E-state index contributed by atoms with van der Waals surface area (Å²) in [6, 6.07) is 11.0. The first-order valence-electron chi connectivity index (χ1n) is 12.5. The molecule has 5 rings (SSSR count). The molecule has 1 unspecified atom stereocenters. The van der Waals surface area contributed by atoms with Crippen LogP contribution < -0.4 is 10.1 Å². The quantitative estimate of drug-likeness (QED) is 0.537. The molecule has 2 aromatic rings. The van der Waals surface area contributed by atoms with Crippen molar-refractivity contribution < 1.29 is 37.7 Å². The van der Waals surface area contributed by atoms with Gasteiger partial charge in [-0.05, 0) is 37.1 Å². The number of hydrogen-bond donors (Lipinski definition) is 2. The molecular formula is C29H31F2NO6. The van der Waals surface area contributed by atoms with E-state index in [1.165, 1.54) is 6.07 Å². The van der Waals surface area contributed by atoms with Crippen molar-refractivity contribution in [3.8, 4) is 11.5 Å². The summed E-state index contributed by atoms with van der Waals surface area (Å²) < 4.78 is 40.7. The van der Waals surface area contributed by atoms with Crippen molar-refractivity contribution in [2.75, 3.05) is 20.3 Å². The highest BCUT2D eigenvalue weighted by atomic mass is 19.1. The molecule has 1 aliphatic carbocycles. The van der Waals surface area contributed by atoms with Gasteiger partial charge >= 0.3 is 5.97 Å². The molecule has 1 fully saturated rings. The van der Waals surface area contributed by atoms with Crippen molar-refractivity contribution in [2.24, 2.45) is 0 Å². The van der Waals surface area contributed by atoms with Crippen molar-refractivity contribution in [3.05, 3.63) is 82.2 Å². The number of dihydropyridines is 1. The number of para-hydroxylation sites is 2. The summed E-state index contributed by atoms with van der Waals surface area (Å²) in [5, 5.41) is 11.8. The van der Waals surface area contributed by atoms with Crippen LogP contribution in [0.15, 0.2) is 65.0 Å². The first-order valence-corrected chi connectivity index (χ1v) is 12.5. The summed E-state index contributed by atoms with van der Waals surface area (Å²) in [5.74, 6) is -2.17. The Kier molecular flexibility index (Phi) is 8.78. The number of carbonyl (C=O) groups is 2. The molecule has 0 amide bonds. The number of carbonyl (C=O) groups excluding carboxylic acids is 2. The number of allylic oxidation sites excluding steroid dienone is 3. The van der Waals surface area contributed by atoms with Gasteiger partial charge in [-0.15, -0.1) is 0 Å². The van der Waals surface area contributed by atoms with Crippen LogP contribution in [-0.4, -0.2) is 43.3 Å². The largest absolute Gasteiger partial charge is 0.503 e. The molecule has 0 aromatic heterocycles. The van der Waals surface area contributed by atoms with Crippen LogP contribution in [-0.2, 0) is 19.1 Å². The highest BCUT2D eigenvalue weighted by Crippen LogP contribution is 2.41. The maximum Gasteiger partial charge on any atom is 0.336 e. The summed E-state index contributed by atoms with van der Waals surface area (Å²) >= 11 is 0. The second kappa shape index (κ2) is 12.2. The van der Waals surface area contributed by atoms with Gasteiger partial charge in [0.2, 0.25) is 0 Å². The molecule has 1 saturated heterocycles. The summed E-state index contributed by atoms with van der Waals surface area (Å²) in [7, 11) is 1.65. The van der Waals surface area contributed by atoms with Gasteiger partial charge < -0.3 is 24.6 Å². The molecule has 2 N–H and O–H groups in total. The standard InChI is InChI=1S/C23H27NO5.C6H4F2O/c1-14-18(23(26)29-16-7-9-28-10-8-16)13-19-20(24-14)11-15(12-21(19)25)17-5-3-4-6-22(17)27-2;7-4-2-1-3-5(8)6(4)9/h3-6,15-16,24H,7-13H2,1-2H3;1-3,9H. The van der Waals surface area contributed by atoms with Crippen LogP contribution in [0.3, 0.4) is 0 Å². The van der Waals surface area contributed by atoms with E-state index < -0.39 is 17.4 Å². The summed E-state index contributed by atoms with van der Waals surface area (Å²) in [4.78, 5) is 25.7. The van der Waals surface area contributed by atoms with E-state index in [-0.39, 0.29) is 23.8 Å². The second-order valence-electron chi connectivity index (χ2n) is 9.42. The van der Waals surface area contributed by atoms with E-state index in [2.05, 4.69) is 5.32 Å². The number of hydrogen-bond acceptors (Lipinski definition) is 7. The Hall–Kier alpha value is -3.72. The van der Waals surface area contributed by atoms with Crippen molar-refractivity contribution in [1.82, 2.24) is 5.32 Å². The zero-order valence-electron chi connectivity index (χ0n) is 21.4. The average Bonchev–Trinajstić information content (AvgIpc) is 2.92. The predicted octanol–water partition coefficient (Wildman–Crippen LogP) is 5.06. The Morgan fingerprint density at radius 2 is 1.74 bits per heavy atom. The minimum atomic E-state index is -0.935. The molecule has 2 aromatic carbocycles. The lowest BCUT2D eigenvalue weighted by atomic mass is 9.78. The van der Waals surface area contributed by atoms with Crippen molar-refractivity contribution in [2.45, 2.75) is 51.0 Å². The third-order valence-electron chi connectivity index (χ3n) is 6.93. The average molecular weight is 528 g/mol. The number of benzene rings is 2. The predicted molar refractivity (Wildman–Crippen MR) is 135 cm³/mol. The normalized spacial score (nSPS) is 19.7. The van der Waals surface area contributed by atoms with Gasteiger partial charge in [0.15, 0.2) is 23.2 Å². The van der Waals surface area contributed by atoms with Gasteiger partial charge in [0, 0.05) is 48.6 Å². The van der Waals surface area contributed by atoms with Gasteiger partial charge in [0.1, 0.15) is 11.9 Å². The van der Waals surface area contributed by atoms with E-state index in [1.54, 1.807) is 7.11 Å². The van der Waals surface area contributed by atoms with Crippen molar-refractivity contribution >= 4 is 11.8 Å². The number of ketones is 1. The molecule has 202 valence electrons. The first kappa shape index (κ1) is 27.3. The molecule has 0 bridgehead atoms. The number of ether oxygens (including phenoxy) is 3. The van der Waals surface area contributed by atoms with Crippen LogP contribution in [0.2, 0.25) is 0 Å². The molecule has 0 saturated carbocycles. The molecular weight excluding hydrogens is 496 g/mol. The molecule has 38 heavy (non-hydrogen) atoms. The van der Waals surface area contributed by atoms with E-state index in [0.29, 0.717) is 37.2 Å². The van der Waals surface area contributed by atoms with E-state index in [4.69, 9.17) is 19.3 Å². The van der Waals surface area contributed by atoms with Crippen LogP contribution in [0.1, 0.15) is 50.5 Å². The first-order chi connectivity index (χ1) is 18.3.